The number of aromatic nitrogens is 1. The van der Waals surface area contributed by atoms with E-state index in [0.29, 0.717) is 12.1 Å². The lowest BCUT2D eigenvalue weighted by atomic mass is 9.88. The van der Waals surface area contributed by atoms with Gasteiger partial charge in [-0.3, -0.25) is 14.6 Å². The minimum atomic E-state index is -0.899. The Labute approximate surface area is 182 Å². The number of hydrogen-bond acceptors (Lipinski definition) is 5. The Bertz CT molecular complexity index is 881. The molecule has 0 spiro atoms. The van der Waals surface area contributed by atoms with Crippen LogP contribution < -0.4 is 5.32 Å². The largest absolute Gasteiger partial charge is 0.386 e. The standard InChI is InChI=1S/C24H29N3O4/c28-22-16-31-15-21(27(22)14-17-5-4-12-25-13-17)23(29)18-8-10-20(11-9-18)26-24(30)19-6-2-1-3-7-19/h4-5,8-13,19,21,23,29H,1-3,6-7,14-16H2,(H,26,30). The molecule has 1 aliphatic carbocycles. The van der Waals surface area contributed by atoms with Crippen LogP contribution in [-0.4, -0.2) is 46.1 Å². The van der Waals surface area contributed by atoms with Gasteiger partial charge in [0.15, 0.2) is 0 Å². The fourth-order valence-electron chi connectivity index (χ4n) is 4.38. The van der Waals surface area contributed by atoms with Gasteiger partial charge in [-0.2, -0.15) is 0 Å². The van der Waals surface area contributed by atoms with E-state index in [1.54, 1.807) is 41.6 Å². The number of carbonyl (C=O) groups is 2. The molecule has 0 radical (unpaired) electrons. The van der Waals surface area contributed by atoms with Gasteiger partial charge in [-0.1, -0.05) is 37.5 Å². The van der Waals surface area contributed by atoms with Crippen molar-refractivity contribution in [3.63, 3.8) is 0 Å². The number of anilines is 1. The molecule has 7 heteroatoms. The van der Waals surface area contributed by atoms with Crippen LogP contribution in [0.2, 0.25) is 0 Å². The average Bonchev–Trinajstić information content (AvgIpc) is 2.82. The second kappa shape index (κ2) is 10.0. The highest BCUT2D eigenvalue weighted by Crippen LogP contribution is 2.28. The zero-order valence-electron chi connectivity index (χ0n) is 17.6. The van der Waals surface area contributed by atoms with Gasteiger partial charge in [-0.05, 0) is 42.2 Å². The molecule has 0 bridgehead atoms. The molecule has 1 saturated carbocycles. The topological polar surface area (TPSA) is 91.8 Å². The molecule has 1 aromatic carbocycles. The number of benzene rings is 1. The van der Waals surface area contributed by atoms with Crippen molar-refractivity contribution in [2.24, 2.45) is 5.92 Å². The molecule has 1 aliphatic heterocycles. The number of morpholine rings is 1. The van der Waals surface area contributed by atoms with E-state index in [2.05, 4.69) is 10.3 Å². The van der Waals surface area contributed by atoms with Gasteiger partial charge in [0.05, 0.1) is 12.6 Å². The maximum absolute atomic E-state index is 12.5. The first kappa shape index (κ1) is 21.5. The molecule has 1 saturated heterocycles. The molecule has 2 fully saturated rings. The summed E-state index contributed by atoms with van der Waals surface area (Å²) in [6.45, 7) is 0.635. The summed E-state index contributed by atoms with van der Waals surface area (Å²) in [5.41, 5.74) is 2.29. The zero-order chi connectivity index (χ0) is 21.6. The third kappa shape index (κ3) is 5.29. The van der Waals surface area contributed by atoms with Crippen LogP contribution in [0.15, 0.2) is 48.8 Å². The molecule has 2 heterocycles. The second-order valence-electron chi connectivity index (χ2n) is 8.36. The van der Waals surface area contributed by atoms with Crippen molar-refractivity contribution in [2.75, 3.05) is 18.5 Å². The predicted octanol–water partition coefficient (Wildman–Crippen LogP) is 3.06. The van der Waals surface area contributed by atoms with Gasteiger partial charge in [0.2, 0.25) is 11.8 Å². The summed E-state index contributed by atoms with van der Waals surface area (Å²) in [6, 6.07) is 10.4. The van der Waals surface area contributed by atoms with Crippen molar-refractivity contribution in [3.8, 4) is 0 Å². The summed E-state index contributed by atoms with van der Waals surface area (Å²) in [4.78, 5) is 30.7. The number of hydrogen-bond donors (Lipinski definition) is 2. The van der Waals surface area contributed by atoms with Gasteiger partial charge in [0, 0.05) is 30.5 Å². The van der Waals surface area contributed by atoms with Crippen molar-refractivity contribution in [2.45, 2.75) is 50.8 Å². The molecule has 2 aliphatic rings. The van der Waals surface area contributed by atoms with Gasteiger partial charge in [0.25, 0.3) is 0 Å². The molecule has 4 rings (SSSR count). The normalized spacial score (nSPS) is 21.0. The highest BCUT2D eigenvalue weighted by Gasteiger charge is 2.34. The molecule has 7 nitrogen and oxygen atoms in total. The third-order valence-electron chi connectivity index (χ3n) is 6.17. The molecular weight excluding hydrogens is 394 g/mol. The summed E-state index contributed by atoms with van der Waals surface area (Å²) in [6.07, 6.45) is 7.84. The summed E-state index contributed by atoms with van der Waals surface area (Å²) in [5, 5.41) is 14.0. The van der Waals surface area contributed by atoms with Gasteiger partial charge in [0.1, 0.15) is 12.7 Å². The fraction of sp³-hybridized carbons (Fsp3) is 0.458. The second-order valence-corrected chi connectivity index (χ2v) is 8.36. The van der Waals surface area contributed by atoms with Crippen LogP contribution in [0.25, 0.3) is 0 Å². The summed E-state index contributed by atoms with van der Waals surface area (Å²) in [7, 11) is 0. The van der Waals surface area contributed by atoms with Crippen molar-refractivity contribution in [1.82, 2.24) is 9.88 Å². The summed E-state index contributed by atoms with van der Waals surface area (Å²) >= 11 is 0. The Morgan fingerprint density at radius 2 is 1.97 bits per heavy atom. The monoisotopic (exact) mass is 423 g/mol. The number of nitrogens with one attached hydrogen (secondary N) is 1. The number of nitrogens with zero attached hydrogens (tertiary/aromatic N) is 2. The lowest BCUT2D eigenvalue weighted by Crippen LogP contribution is -2.51. The lowest BCUT2D eigenvalue weighted by molar-refractivity contribution is -0.155. The summed E-state index contributed by atoms with van der Waals surface area (Å²) in [5.74, 6) is 0.00268. The predicted molar refractivity (Wildman–Crippen MR) is 116 cm³/mol. The van der Waals surface area contributed by atoms with E-state index in [1.807, 2.05) is 12.1 Å². The minimum absolute atomic E-state index is 0.00954. The van der Waals surface area contributed by atoms with Crippen LogP contribution in [0, 0.1) is 5.92 Å². The van der Waals surface area contributed by atoms with E-state index in [4.69, 9.17) is 4.74 Å². The molecule has 2 amide bonds. The number of amides is 2. The maximum atomic E-state index is 12.5. The number of aliphatic hydroxyl groups excluding tert-OH is 1. The van der Waals surface area contributed by atoms with Crippen molar-refractivity contribution < 1.29 is 19.4 Å². The molecule has 1 aromatic heterocycles. The molecule has 31 heavy (non-hydrogen) atoms. The number of ether oxygens (including phenoxy) is 1. The van der Waals surface area contributed by atoms with Crippen molar-refractivity contribution >= 4 is 17.5 Å². The van der Waals surface area contributed by atoms with Crippen LogP contribution in [0.4, 0.5) is 5.69 Å². The van der Waals surface area contributed by atoms with Gasteiger partial charge < -0.3 is 20.1 Å². The van der Waals surface area contributed by atoms with Crippen LogP contribution in [0.5, 0.6) is 0 Å². The smallest absolute Gasteiger partial charge is 0.249 e. The first-order valence-electron chi connectivity index (χ1n) is 11.0. The minimum Gasteiger partial charge on any atom is -0.386 e. The van der Waals surface area contributed by atoms with Crippen molar-refractivity contribution in [1.29, 1.82) is 0 Å². The SMILES string of the molecule is O=C(Nc1ccc(C(O)C2COCC(=O)N2Cc2cccnc2)cc1)C1CCCCC1. The Morgan fingerprint density at radius 3 is 2.68 bits per heavy atom. The summed E-state index contributed by atoms with van der Waals surface area (Å²) < 4.78 is 5.42. The number of aliphatic hydroxyl groups is 1. The van der Waals surface area contributed by atoms with Gasteiger partial charge >= 0.3 is 0 Å². The van der Waals surface area contributed by atoms with Crippen LogP contribution in [0.1, 0.15) is 49.3 Å². The van der Waals surface area contributed by atoms with E-state index in [9.17, 15) is 14.7 Å². The Morgan fingerprint density at radius 1 is 1.19 bits per heavy atom. The van der Waals surface area contributed by atoms with Crippen LogP contribution >= 0.6 is 0 Å². The number of pyridine rings is 1. The Hall–Kier alpha value is -2.77. The molecule has 2 aromatic rings. The van der Waals surface area contributed by atoms with E-state index in [1.165, 1.54) is 6.42 Å². The van der Waals surface area contributed by atoms with Crippen LogP contribution in [-0.2, 0) is 20.9 Å². The number of carbonyl (C=O) groups excluding carboxylic acids is 2. The molecular formula is C24H29N3O4. The zero-order valence-corrected chi connectivity index (χ0v) is 17.6. The first-order chi connectivity index (χ1) is 15.1. The van der Waals surface area contributed by atoms with E-state index in [0.717, 1.165) is 36.9 Å². The quantitative estimate of drug-likeness (QED) is 0.745. The number of rotatable bonds is 6. The maximum Gasteiger partial charge on any atom is 0.249 e. The van der Waals surface area contributed by atoms with Crippen molar-refractivity contribution in [3.05, 3.63) is 59.9 Å². The molecule has 2 unspecified atom stereocenters. The van der Waals surface area contributed by atoms with Gasteiger partial charge in [-0.25, -0.2) is 0 Å². The van der Waals surface area contributed by atoms with E-state index < -0.39 is 12.1 Å². The van der Waals surface area contributed by atoms with Crippen LogP contribution in [0.3, 0.4) is 0 Å². The lowest BCUT2D eigenvalue weighted by Gasteiger charge is -2.38. The highest BCUT2D eigenvalue weighted by molar-refractivity contribution is 5.92. The average molecular weight is 424 g/mol. The Kier molecular flexibility index (Phi) is 6.94. The fourth-order valence-corrected chi connectivity index (χ4v) is 4.38. The molecule has 2 atom stereocenters. The van der Waals surface area contributed by atoms with E-state index in [-0.39, 0.29) is 30.9 Å². The highest BCUT2D eigenvalue weighted by atomic mass is 16.5. The first-order valence-corrected chi connectivity index (χ1v) is 11.0. The molecule has 164 valence electrons. The van der Waals surface area contributed by atoms with Gasteiger partial charge in [-0.15, -0.1) is 0 Å². The molecule has 2 N–H and O–H groups in total. The van der Waals surface area contributed by atoms with E-state index >= 15 is 0 Å². The Balaban J connectivity index is 1.42. The third-order valence-corrected chi connectivity index (χ3v) is 6.17.